The van der Waals surface area contributed by atoms with Gasteiger partial charge in [0.1, 0.15) is 0 Å². The fourth-order valence-corrected chi connectivity index (χ4v) is 2.07. The van der Waals surface area contributed by atoms with E-state index in [4.69, 9.17) is 5.11 Å². The maximum absolute atomic E-state index is 8.85. The Balaban J connectivity index is 2.36. The topological polar surface area (TPSA) is 37.2 Å². The van der Waals surface area contributed by atoms with Crippen molar-refractivity contribution in [2.75, 3.05) is 13.7 Å². The number of fused-ring (bicyclic) bond motifs is 1. The molecule has 0 bridgehead atoms. The fraction of sp³-hybridized carbons (Fsp3) is 0.385. The molecule has 2 rings (SSSR count). The molecule has 0 atom stereocenters. The van der Waals surface area contributed by atoms with E-state index in [1.54, 1.807) is 0 Å². The molecule has 3 heteroatoms. The highest BCUT2D eigenvalue weighted by molar-refractivity contribution is 5.83. The van der Waals surface area contributed by atoms with Gasteiger partial charge in [-0.3, -0.25) is 0 Å². The molecule has 2 N–H and O–H groups in total. The smallest absolute Gasteiger partial charge is 0.0483 e. The number of aryl methyl sites for hydroxylation is 1. The van der Waals surface area contributed by atoms with E-state index < -0.39 is 0 Å². The molecule has 0 saturated carbocycles. The molecule has 86 valence electrons. The standard InChI is InChI=1S/C13H18N2O/c1-14-10-11-4-2-5-13-12(11)6-8-15(13)7-3-9-16/h2,4-6,8,14,16H,3,7,9-10H2,1H3. The number of hydrogen-bond donors (Lipinski definition) is 2. The lowest BCUT2D eigenvalue weighted by molar-refractivity contribution is 0.280. The van der Waals surface area contributed by atoms with E-state index >= 15 is 0 Å². The highest BCUT2D eigenvalue weighted by Crippen LogP contribution is 2.20. The summed E-state index contributed by atoms with van der Waals surface area (Å²) in [7, 11) is 1.96. The van der Waals surface area contributed by atoms with E-state index in [0.717, 1.165) is 19.5 Å². The van der Waals surface area contributed by atoms with Crippen molar-refractivity contribution in [3.8, 4) is 0 Å². The van der Waals surface area contributed by atoms with Crippen molar-refractivity contribution in [1.29, 1.82) is 0 Å². The summed E-state index contributed by atoms with van der Waals surface area (Å²) in [6.45, 7) is 2.01. The van der Waals surface area contributed by atoms with Gasteiger partial charge in [-0.25, -0.2) is 0 Å². The van der Waals surface area contributed by atoms with Gasteiger partial charge in [-0.15, -0.1) is 0 Å². The zero-order valence-corrected chi connectivity index (χ0v) is 9.61. The number of rotatable bonds is 5. The molecule has 16 heavy (non-hydrogen) atoms. The van der Waals surface area contributed by atoms with Crippen LogP contribution in [0.4, 0.5) is 0 Å². The Morgan fingerprint density at radius 1 is 1.31 bits per heavy atom. The van der Waals surface area contributed by atoms with Crippen LogP contribution in [0.15, 0.2) is 30.5 Å². The number of aromatic nitrogens is 1. The molecule has 1 heterocycles. The summed E-state index contributed by atoms with van der Waals surface area (Å²) >= 11 is 0. The Morgan fingerprint density at radius 3 is 2.94 bits per heavy atom. The molecule has 0 saturated heterocycles. The first-order chi connectivity index (χ1) is 7.86. The summed E-state index contributed by atoms with van der Waals surface area (Å²) in [4.78, 5) is 0. The first-order valence-electron chi connectivity index (χ1n) is 5.69. The van der Waals surface area contributed by atoms with Gasteiger partial charge in [-0.1, -0.05) is 12.1 Å². The quantitative estimate of drug-likeness (QED) is 0.802. The average Bonchev–Trinajstić information content (AvgIpc) is 2.71. The molecule has 0 unspecified atom stereocenters. The lowest BCUT2D eigenvalue weighted by atomic mass is 10.1. The van der Waals surface area contributed by atoms with Crippen LogP contribution in [0.3, 0.4) is 0 Å². The normalized spacial score (nSPS) is 11.1. The summed E-state index contributed by atoms with van der Waals surface area (Å²) < 4.78 is 2.20. The van der Waals surface area contributed by atoms with Gasteiger partial charge in [0.15, 0.2) is 0 Å². The molecule has 0 spiro atoms. The molecular weight excluding hydrogens is 200 g/mol. The number of nitrogens with zero attached hydrogens (tertiary/aromatic N) is 1. The monoisotopic (exact) mass is 218 g/mol. The molecule has 2 aromatic rings. The van der Waals surface area contributed by atoms with Crippen molar-refractivity contribution in [1.82, 2.24) is 9.88 Å². The second kappa shape index (κ2) is 5.14. The van der Waals surface area contributed by atoms with Crippen LogP contribution < -0.4 is 5.32 Å². The molecule has 0 fully saturated rings. The second-order valence-corrected chi connectivity index (χ2v) is 3.97. The number of benzene rings is 1. The van der Waals surface area contributed by atoms with E-state index in [0.29, 0.717) is 0 Å². The Morgan fingerprint density at radius 2 is 2.19 bits per heavy atom. The molecule has 1 aromatic heterocycles. The fourth-order valence-electron chi connectivity index (χ4n) is 2.07. The third kappa shape index (κ3) is 2.10. The van der Waals surface area contributed by atoms with Gasteiger partial charge in [-0.05, 0) is 31.2 Å². The third-order valence-electron chi connectivity index (χ3n) is 2.83. The summed E-state index contributed by atoms with van der Waals surface area (Å²) in [6.07, 6.45) is 2.90. The van der Waals surface area contributed by atoms with Gasteiger partial charge in [0, 0.05) is 36.8 Å². The van der Waals surface area contributed by atoms with Gasteiger partial charge >= 0.3 is 0 Å². The van der Waals surface area contributed by atoms with Crippen LogP contribution >= 0.6 is 0 Å². The number of aliphatic hydroxyl groups is 1. The summed E-state index contributed by atoms with van der Waals surface area (Å²) in [5.74, 6) is 0. The van der Waals surface area contributed by atoms with E-state index in [9.17, 15) is 0 Å². The van der Waals surface area contributed by atoms with Crippen molar-refractivity contribution < 1.29 is 5.11 Å². The Kier molecular flexibility index (Phi) is 3.59. The Hall–Kier alpha value is -1.32. The first kappa shape index (κ1) is 11.2. The van der Waals surface area contributed by atoms with Crippen molar-refractivity contribution in [3.63, 3.8) is 0 Å². The Labute approximate surface area is 95.7 Å². The number of aliphatic hydroxyl groups excluding tert-OH is 1. The lowest BCUT2D eigenvalue weighted by Gasteiger charge is -2.06. The number of nitrogens with one attached hydrogen (secondary N) is 1. The summed E-state index contributed by atoms with van der Waals surface area (Å²) in [6, 6.07) is 8.52. The van der Waals surface area contributed by atoms with Crippen LogP contribution in [-0.4, -0.2) is 23.3 Å². The molecule has 0 aliphatic heterocycles. The minimum Gasteiger partial charge on any atom is -0.396 e. The molecule has 0 aliphatic rings. The van der Waals surface area contributed by atoms with E-state index in [-0.39, 0.29) is 6.61 Å². The molecular formula is C13H18N2O. The summed E-state index contributed by atoms with van der Waals surface area (Å²) in [5, 5.41) is 13.3. The largest absolute Gasteiger partial charge is 0.396 e. The van der Waals surface area contributed by atoms with Crippen LogP contribution in [0.2, 0.25) is 0 Å². The van der Waals surface area contributed by atoms with Crippen LogP contribution in [0, 0.1) is 0 Å². The highest BCUT2D eigenvalue weighted by Gasteiger charge is 2.04. The minimum atomic E-state index is 0.246. The van der Waals surface area contributed by atoms with Gasteiger partial charge < -0.3 is 15.0 Å². The number of hydrogen-bond acceptors (Lipinski definition) is 2. The van der Waals surface area contributed by atoms with Crippen molar-refractivity contribution in [2.24, 2.45) is 0 Å². The first-order valence-corrected chi connectivity index (χ1v) is 5.69. The maximum Gasteiger partial charge on any atom is 0.0483 e. The summed E-state index contributed by atoms with van der Waals surface area (Å²) in [5.41, 5.74) is 2.57. The zero-order valence-electron chi connectivity index (χ0n) is 9.61. The average molecular weight is 218 g/mol. The van der Waals surface area contributed by atoms with Crippen LogP contribution in [-0.2, 0) is 13.1 Å². The maximum atomic E-state index is 8.85. The Bertz CT molecular complexity index is 462. The van der Waals surface area contributed by atoms with E-state index in [2.05, 4.69) is 40.3 Å². The lowest BCUT2D eigenvalue weighted by Crippen LogP contribution is -2.05. The molecule has 0 amide bonds. The van der Waals surface area contributed by atoms with Gasteiger partial charge in [0.05, 0.1) is 0 Å². The van der Waals surface area contributed by atoms with Crippen molar-refractivity contribution >= 4 is 10.9 Å². The molecule has 3 nitrogen and oxygen atoms in total. The van der Waals surface area contributed by atoms with Crippen molar-refractivity contribution in [3.05, 3.63) is 36.0 Å². The van der Waals surface area contributed by atoms with Gasteiger partial charge in [-0.2, -0.15) is 0 Å². The minimum absolute atomic E-state index is 0.246. The van der Waals surface area contributed by atoms with E-state index in [1.165, 1.54) is 16.5 Å². The zero-order chi connectivity index (χ0) is 11.4. The highest BCUT2D eigenvalue weighted by atomic mass is 16.3. The molecule has 0 aliphatic carbocycles. The predicted molar refractivity (Wildman–Crippen MR) is 66.4 cm³/mol. The van der Waals surface area contributed by atoms with Gasteiger partial charge in [0.2, 0.25) is 0 Å². The van der Waals surface area contributed by atoms with Crippen LogP contribution in [0.1, 0.15) is 12.0 Å². The van der Waals surface area contributed by atoms with E-state index in [1.807, 2.05) is 7.05 Å². The van der Waals surface area contributed by atoms with Crippen molar-refractivity contribution in [2.45, 2.75) is 19.5 Å². The predicted octanol–water partition coefficient (Wildman–Crippen LogP) is 1.74. The van der Waals surface area contributed by atoms with Crippen LogP contribution in [0.25, 0.3) is 10.9 Å². The SMILES string of the molecule is CNCc1cccc2c1ccn2CCCO. The van der Waals surface area contributed by atoms with Gasteiger partial charge in [0.25, 0.3) is 0 Å². The second-order valence-electron chi connectivity index (χ2n) is 3.97. The third-order valence-corrected chi connectivity index (χ3v) is 2.83. The molecule has 1 aromatic carbocycles. The van der Waals surface area contributed by atoms with Crippen LogP contribution in [0.5, 0.6) is 0 Å². The molecule has 0 radical (unpaired) electrons.